The first-order chi connectivity index (χ1) is 9.17. The topological polar surface area (TPSA) is 12.5 Å². The molecule has 3 unspecified atom stereocenters. The van der Waals surface area contributed by atoms with Gasteiger partial charge in [0.05, 0.1) is 0 Å². The van der Waals surface area contributed by atoms with Gasteiger partial charge in [-0.3, -0.25) is 4.90 Å². The minimum absolute atomic E-state index is 0.337. The summed E-state index contributed by atoms with van der Waals surface area (Å²) in [5, 5.41) is 1.08. The second-order valence-corrected chi connectivity index (χ2v) is 6.69. The molecule has 2 aliphatic heterocycles. The van der Waals surface area contributed by atoms with Crippen molar-refractivity contribution in [1.29, 1.82) is 0 Å². The summed E-state index contributed by atoms with van der Waals surface area (Å²) in [6.07, 6.45) is 2.72. The van der Waals surface area contributed by atoms with E-state index in [9.17, 15) is 0 Å². The van der Waals surface area contributed by atoms with Crippen LogP contribution in [0.5, 0.6) is 5.75 Å². The molecule has 3 heteroatoms. The third kappa shape index (κ3) is 2.68. The number of hydrogen-bond acceptors (Lipinski definition) is 2. The Kier molecular flexibility index (Phi) is 3.86. The standard InChI is InChI=1S/C16H22BrNO/c1-11-3-4-16-13(7-11)8-14(19-16)10-18-6-5-12(2)15(18)9-17/h3-4,7,12,14-15H,5-6,8-10H2,1-2H3. The van der Waals surface area contributed by atoms with Crippen LogP contribution in [-0.4, -0.2) is 35.5 Å². The highest BCUT2D eigenvalue weighted by atomic mass is 79.9. The van der Waals surface area contributed by atoms with Gasteiger partial charge in [0.25, 0.3) is 0 Å². The Labute approximate surface area is 124 Å². The Balaban J connectivity index is 1.64. The first-order valence-corrected chi connectivity index (χ1v) is 8.35. The van der Waals surface area contributed by atoms with Gasteiger partial charge >= 0.3 is 0 Å². The number of aryl methyl sites for hydroxylation is 1. The van der Waals surface area contributed by atoms with Crippen LogP contribution in [0.15, 0.2) is 18.2 Å². The lowest BCUT2D eigenvalue weighted by atomic mass is 10.0. The van der Waals surface area contributed by atoms with Crippen LogP contribution in [0, 0.1) is 12.8 Å². The SMILES string of the molecule is Cc1ccc2c(c1)CC(CN1CCC(C)C1CBr)O2. The number of likely N-dealkylation sites (tertiary alicyclic amines) is 1. The van der Waals surface area contributed by atoms with Crippen molar-refractivity contribution in [3.63, 3.8) is 0 Å². The average Bonchev–Trinajstić information content (AvgIpc) is 2.92. The van der Waals surface area contributed by atoms with Crippen LogP contribution in [0.3, 0.4) is 0 Å². The zero-order valence-corrected chi connectivity index (χ0v) is 13.3. The smallest absolute Gasteiger partial charge is 0.123 e. The van der Waals surface area contributed by atoms with Crippen LogP contribution in [0.4, 0.5) is 0 Å². The van der Waals surface area contributed by atoms with Gasteiger partial charge < -0.3 is 4.74 Å². The van der Waals surface area contributed by atoms with Gasteiger partial charge in [-0.05, 0) is 37.4 Å². The van der Waals surface area contributed by atoms with Crippen LogP contribution in [0.1, 0.15) is 24.5 Å². The van der Waals surface area contributed by atoms with E-state index < -0.39 is 0 Å². The lowest BCUT2D eigenvalue weighted by molar-refractivity contribution is 0.142. The minimum atomic E-state index is 0.337. The molecule has 3 rings (SSSR count). The Bertz CT molecular complexity index is 462. The van der Waals surface area contributed by atoms with Crippen LogP contribution in [-0.2, 0) is 6.42 Å². The van der Waals surface area contributed by atoms with Crippen molar-refractivity contribution in [2.45, 2.75) is 38.8 Å². The summed E-state index contributed by atoms with van der Waals surface area (Å²) < 4.78 is 6.09. The fourth-order valence-corrected chi connectivity index (χ4v) is 4.42. The van der Waals surface area contributed by atoms with E-state index in [2.05, 4.69) is 52.9 Å². The molecule has 2 nitrogen and oxygen atoms in total. The molecule has 0 aliphatic carbocycles. The van der Waals surface area contributed by atoms with E-state index in [0.717, 1.165) is 30.0 Å². The van der Waals surface area contributed by atoms with E-state index in [4.69, 9.17) is 4.74 Å². The van der Waals surface area contributed by atoms with E-state index in [0.29, 0.717) is 12.1 Å². The Morgan fingerprint density at radius 3 is 3.05 bits per heavy atom. The number of halogens is 1. The maximum Gasteiger partial charge on any atom is 0.123 e. The first-order valence-electron chi connectivity index (χ1n) is 7.23. The van der Waals surface area contributed by atoms with Crippen LogP contribution in [0.2, 0.25) is 0 Å². The van der Waals surface area contributed by atoms with Gasteiger partial charge in [-0.25, -0.2) is 0 Å². The Morgan fingerprint density at radius 2 is 2.26 bits per heavy atom. The maximum atomic E-state index is 6.09. The van der Waals surface area contributed by atoms with Gasteiger partial charge in [-0.15, -0.1) is 0 Å². The fourth-order valence-electron chi connectivity index (χ4n) is 3.38. The van der Waals surface area contributed by atoms with E-state index in [1.165, 1.54) is 24.1 Å². The highest BCUT2D eigenvalue weighted by Gasteiger charge is 2.33. The van der Waals surface area contributed by atoms with E-state index in [1.807, 2.05) is 0 Å². The number of ether oxygens (including phenoxy) is 1. The summed E-state index contributed by atoms with van der Waals surface area (Å²) in [5.74, 6) is 1.89. The summed E-state index contributed by atoms with van der Waals surface area (Å²) in [6, 6.07) is 7.21. The molecule has 2 aliphatic rings. The van der Waals surface area contributed by atoms with Crippen molar-refractivity contribution in [2.75, 3.05) is 18.4 Å². The average molecular weight is 324 g/mol. The van der Waals surface area contributed by atoms with Gasteiger partial charge in [0.1, 0.15) is 11.9 Å². The van der Waals surface area contributed by atoms with Gasteiger partial charge in [0.2, 0.25) is 0 Å². The molecule has 1 aromatic rings. The molecule has 1 saturated heterocycles. The van der Waals surface area contributed by atoms with E-state index in [1.54, 1.807) is 0 Å². The molecule has 1 aromatic carbocycles. The first kappa shape index (κ1) is 13.4. The second kappa shape index (κ2) is 5.45. The molecule has 0 spiro atoms. The van der Waals surface area contributed by atoms with Gasteiger partial charge in [-0.1, -0.05) is 40.5 Å². The van der Waals surface area contributed by atoms with Crippen molar-refractivity contribution in [2.24, 2.45) is 5.92 Å². The van der Waals surface area contributed by atoms with Crippen molar-refractivity contribution >= 4 is 15.9 Å². The molecule has 0 aromatic heterocycles. The molecule has 0 saturated carbocycles. The molecule has 1 fully saturated rings. The monoisotopic (exact) mass is 323 g/mol. The molecule has 0 amide bonds. The molecule has 0 bridgehead atoms. The zero-order chi connectivity index (χ0) is 13.4. The van der Waals surface area contributed by atoms with Crippen molar-refractivity contribution < 1.29 is 4.74 Å². The largest absolute Gasteiger partial charge is 0.488 e. The van der Waals surface area contributed by atoms with Crippen LogP contribution >= 0.6 is 15.9 Å². The van der Waals surface area contributed by atoms with E-state index in [-0.39, 0.29) is 0 Å². The van der Waals surface area contributed by atoms with Crippen molar-refractivity contribution in [3.8, 4) is 5.75 Å². The summed E-state index contributed by atoms with van der Waals surface area (Å²) in [4.78, 5) is 2.60. The fraction of sp³-hybridized carbons (Fsp3) is 0.625. The molecule has 104 valence electrons. The Hall–Kier alpha value is -0.540. The van der Waals surface area contributed by atoms with Gasteiger partial charge in [-0.2, -0.15) is 0 Å². The molecular weight excluding hydrogens is 302 g/mol. The number of fused-ring (bicyclic) bond motifs is 1. The third-order valence-electron chi connectivity index (χ3n) is 4.55. The van der Waals surface area contributed by atoms with Gasteiger partial charge in [0, 0.05) is 24.3 Å². The van der Waals surface area contributed by atoms with E-state index >= 15 is 0 Å². The predicted octanol–water partition coefficient (Wildman–Crippen LogP) is 3.40. The number of benzene rings is 1. The summed E-state index contributed by atoms with van der Waals surface area (Å²) >= 11 is 3.66. The molecule has 0 N–H and O–H groups in total. The molecule has 19 heavy (non-hydrogen) atoms. The normalized spacial score (nSPS) is 30.4. The number of nitrogens with zero attached hydrogens (tertiary/aromatic N) is 1. The Morgan fingerprint density at radius 1 is 1.42 bits per heavy atom. The molecular formula is C16H22BrNO. The van der Waals surface area contributed by atoms with Crippen molar-refractivity contribution in [3.05, 3.63) is 29.3 Å². The zero-order valence-electron chi connectivity index (χ0n) is 11.7. The molecule has 3 atom stereocenters. The summed E-state index contributed by atoms with van der Waals surface area (Å²) in [5.41, 5.74) is 2.71. The molecule has 2 heterocycles. The minimum Gasteiger partial charge on any atom is -0.488 e. The van der Waals surface area contributed by atoms with Gasteiger partial charge in [0.15, 0.2) is 0 Å². The third-order valence-corrected chi connectivity index (χ3v) is 5.21. The van der Waals surface area contributed by atoms with Crippen molar-refractivity contribution in [1.82, 2.24) is 4.90 Å². The summed E-state index contributed by atoms with van der Waals surface area (Å²) in [6.45, 7) is 6.79. The highest BCUT2D eigenvalue weighted by molar-refractivity contribution is 9.09. The maximum absolute atomic E-state index is 6.09. The lowest BCUT2D eigenvalue weighted by Crippen LogP contribution is -2.40. The second-order valence-electron chi connectivity index (χ2n) is 6.04. The summed E-state index contributed by atoms with van der Waals surface area (Å²) in [7, 11) is 0. The van der Waals surface area contributed by atoms with Crippen LogP contribution in [0.25, 0.3) is 0 Å². The number of hydrogen-bond donors (Lipinski definition) is 0. The van der Waals surface area contributed by atoms with Crippen LogP contribution < -0.4 is 4.74 Å². The number of rotatable bonds is 3. The molecule has 0 radical (unpaired) electrons. The quantitative estimate of drug-likeness (QED) is 0.790. The number of alkyl halides is 1. The lowest BCUT2D eigenvalue weighted by Gasteiger charge is -2.27. The highest BCUT2D eigenvalue weighted by Crippen LogP contribution is 2.32. The predicted molar refractivity (Wildman–Crippen MR) is 82.2 cm³/mol.